The Kier molecular flexibility index (Phi) is 4.04. The molecule has 1 aliphatic rings. The predicted octanol–water partition coefficient (Wildman–Crippen LogP) is 1.69. The molecule has 3 nitrogen and oxygen atoms in total. The molecule has 1 aliphatic carbocycles. The second kappa shape index (κ2) is 4.73. The van der Waals surface area contributed by atoms with Crippen LogP contribution in [0.2, 0.25) is 0 Å². The summed E-state index contributed by atoms with van der Waals surface area (Å²) in [6.07, 6.45) is 1.70. The van der Waals surface area contributed by atoms with Crippen molar-refractivity contribution in [2.75, 3.05) is 13.2 Å². The zero-order valence-electron chi connectivity index (χ0n) is 8.76. The highest BCUT2D eigenvalue weighted by molar-refractivity contribution is 6.55. The monoisotopic (exact) mass is 251 g/mol. The van der Waals surface area contributed by atoms with Crippen molar-refractivity contribution in [2.45, 2.75) is 13.8 Å². The maximum Gasteiger partial charge on any atom is 0.224 e. The van der Waals surface area contributed by atoms with Gasteiger partial charge in [-0.05, 0) is 17.4 Å². The van der Waals surface area contributed by atoms with E-state index in [0.717, 1.165) is 0 Å². The summed E-state index contributed by atoms with van der Waals surface area (Å²) in [7, 11) is 0. The number of aliphatic hydroxyl groups is 1. The number of carbonyl (C=O) groups excluding carboxylic acids is 1. The first-order valence-electron chi connectivity index (χ1n) is 4.82. The van der Waals surface area contributed by atoms with Gasteiger partial charge in [0, 0.05) is 6.54 Å². The summed E-state index contributed by atoms with van der Waals surface area (Å²) in [5.74, 6) is -0.0670. The Morgan fingerprint density at radius 2 is 2.13 bits per heavy atom. The largest absolute Gasteiger partial charge is 0.395 e. The van der Waals surface area contributed by atoms with Crippen LogP contribution in [0.15, 0.2) is 10.6 Å². The van der Waals surface area contributed by atoms with Gasteiger partial charge in [0.25, 0.3) is 0 Å². The van der Waals surface area contributed by atoms with Crippen molar-refractivity contribution in [3.8, 4) is 0 Å². The first kappa shape index (κ1) is 12.8. The molecule has 0 bridgehead atoms. The van der Waals surface area contributed by atoms with Crippen molar-refractivity contribution in [1.29, 1.82) is 0 Å². The second-order valence-electron chi connectivity index (χ2n) is 4.30. The zero-order valence-corrected chi connectivity index (χ0v) is 10.3. The number of amides is 1. The third-order valence-electron chi connectivity index (χ3n) is 2.91. The van der Waals surface area contributed by atoms with E-state index in [9.17, 15) is 4.79 Å². The molecule has 0 heterocycles. The van der Waals surface area contributed by atoms with E-state index in [0.29, 0.717) is 0 Å². The minimum absolute atomic E-state index is 0.0460. The van der Waals surface area contributed by atoms with Gasteiger partial charge in [-0.3, -0.25) is 4.79 Å². The van der Waals surface area contributed by atoms with E-state index in [1.807, 2.05) is 13.8 Å². The van der Waals surface area contributed by atoms with E-state index < -0.39 is 0 Å². The summed E-state index contributed by atoms with van der Waals surface area (Å²) < 4.78 is 0.200. The lowest BCUT2D eigenvalue weighted by atomic mass is 10.1. The summed E-state index contributed by atoms with van der Waals surface area (Å²) in [6, 6.07) is 0. The van der Waals surface area contributed by atoms with Gasteiger partial charge in [0.1, 0.15) is 4.49 Å². The maximum atomic E-state index is 11.6. The van der Waals surface area contributed by atoms with Crippen molar-refractivity contribution in [2.24, 2.45) is 17.3 Å². The smallest absolute Gasteiger partial charge is 0.224 e. The number of allylic oxidation sites excluding steroid dienone is 1. The molecule has 0 aliphatic heterocycles. The average Bonchev–Trinajstić information content (AvgIpc) is 2.63. The Hall–Kier alpha value is -0.250. The molecule has 1 saturated carbocycles. The van der Waals surface area contributed by atoms with Crippen LogP contribution in [0.25, 0.3) is 0 Å². The summed E-state index contributed by atoms with van der Waals surface area (Å²) in [4.78, 5) is 11.6. The molecule has 0 aromatic rings. The minimum atomic E-state index is -0.103. The van der Waals surface area contributed by atoms with Crippen LogP contribution >= 0.6 is 23.2 Å². The second-order valence-corrected chi connectivity index (χ2v) is 5.30. The van der Waals surface area contributed by atoms with Crippen LogP contribution in [0.4, 0.5) is 0 Å². The lowest BCUT2D eigenvalue weighted by Gasteiger charge is -2.03. The van der Waals surface area contributed by atoms with Crippen LogP contribution in [0.5, 0.6) is 0 Å². The highest BCUT2D eigenvalue weighted by Gasteiger charge is 2.60. The van der Waals surface area contributed by atoms with Crippen molar-refractivity contribution in [3.05, 3.63) is 10.6 Å². The lowest BCUT2D eigenvalue weighted by Crippen LogP contribution is -2.29. The third kappa shape index (κ3) is 2.86. The molecule has 0 unspecified atom stereocenters. The molecule has 1 fully saturated rings. The van der Waals surface area contributed by atoms with Crippen molar-refractivity contribution >= 4 is 29.1 Å². The highest BCUT2D eigenvalue weighted by atomic mass is 35.5. The van der Waals surface area contributed by atoms with Crippen LogP contribution < -0.4 is 5.32 Å². The molecule has 2 N–H and O–H groups in total. The molecule has 0 spiro atoms. The SMILES string of the molecule is CC1(C)[C@H](C(=O)NCCO)[C@@H]1C=C(Cl)Cl. The van der Waals surface area contributed by atoms with Gasteiger partial charge in [-0.15, -0.1) is 0 Å². The average molecular weight is 252 g/mol. The molecule has 0 radical (unpaired) electrons. The number of carbonyl (C=O) groups is 1. The number of halogens is 2. The fourth-order valence-corrected chi connectivity index (χ4v) is 2.19. The zero-order chi connectivity index (χ0) is 11.6. The Balaban J connectivity index is 2.58. The summed E-state index contributed by atoms with van der Waals surface area (Å²) in [5, 5.41) is 11.2. The first-order valence-corrected chi connectivity index (χ1v) is 5.58. The first-order chi connectivity index (χ1) is 6.91. The number of rotatable bonds is 4. The topological polar surface area (TPSA) is 49.3 Å². The molecule has 5 heteroatoms. The van der Waals surface area contributed by atoms with Crippen molar-refractivity contribution in [1.82, 2.24) is 5.32 Å². The Bertz CT molecular complexity index is 285. The van der Waals surface area contributed by atoms with E-state index in [1.165, 1.54) is 0 Å². The van der Waals surface area contributed by atoms with Gasteiger partial charge in [0.15, 0.2) is 0 Å². The van der Waals surface area contributed by atoms with E-state index >= 15 is 0 Å². The molecule has 15 heavy (non-hydrogen) atoms. The van der Waals surface area contributed by atoms with Crippen molar-refractivity contribution in [3.63, 3.8) is 0 Å². The minimum Gasteiger partial charge on any atom is -0.395 e. The summed E-state index contributed by atoms with van der Waals surface area (Å²) in [6.45, 7) is 4.23. The van der Waals surface area contributed by atoms with E-state index in [2.05, 4.69) is 5.32 Å². The summed E-state index contributed by atoms with van der Waals surface area (Å²) in [5.41, 5.74) is -0.103. The number of hydrogen-bond donors (Lipinski definition) is 2. The maximum absolute atomic E-state index is 11.6. The number of aliphatic hydroxyl groups excluding tert-OH is 1. The van der Waals surface area contributed by atoms with Crippen LogP contribution in [0.1, 0.15) is 13.8 Å². The Morgan fingerprint density at radius 3 is 2.60 bits per heavy atom. The van der Waals surface area contributed by atoms with Crippen LogP contribution in [0, 0.1) is 17.3 Å². The quantitative estimate of drug-likeness (QED) is 0.799. The molecule has 1 amide bonds. The van der Waals surface area contributed by atoms with Gasteiger partial charge in [-0.25, -0.2) is 0 Å². The third-order valence-corrected chi connectivity index (χ3v) is 3.16. The predicted molar refractivity (Wildman–Crippen MR) is 60.6 cm³/mol. The highest BCUT2D eigenvalue weighted by Crippen LogP contribution is 2.59. The van der Waals surface area contributed by atoms with Crippen LogP contribution in [-0.2, 0) is 4.79 Å². The molecular formula is C10H15Cl2NO2. The van der Waals surface area contributed by atoms with Gasteiger partial charge in [0.2, 0.25) is 5.91 Å². The molecule has 0 saturated heterocycles. The Morgan fingerprint density at radius 1 is 1.53 bits per heavy atom. The molecule has 86 valence electrons. The van der Waals surface area contributed by atoms with Gasteiger partial charge in [-0.1, -0.05) is 37.0 Å². The van der Waals surface area contributed by atoms with Gasteiger partial charge in [0.05, 0.1) is 12.5 Å². The van der Waals surface area contributed by atoms with Crippen LogP contribution in [-0.4, -0.2) is 24.2 Å². The standard InChI is InChI=1S/C10H15Cl2NO2/c1-10(2)6(5-7(11)12)8(10)9(15)13-3-4-14/h5-6,8,14H,3-4H2,1-2H3,(H,13,15)/t6-,8-/m0/s1. The van der Waals surface area contributed by atoms with E-state index in [-0.39, 0.29) is 40.8 Å². The number of hydrogen-bond acceptors (Lipinski definition) is 2. The molecule has 2 atom stereocenters. The number of nitrogens with one attached hydrogen (secondary N) is 1. The van der Waals surface area contributed by atoms with E-state index in [4.69, 9.17) is 28.3 Å². The fourth-order valence-electron chi connectivity index (χ4n) is 1.91. The van der Waals surface area contributed by atoms with Crippen LogP contribution in [0.3, 0.4) is 0 Å². The summed E-state index contributed by atoms with van der Waals surface area (Å²) >= 11 is 11.1. The molecule has 0 aromatic heterocycles. The van der Waals surface area contributed by atoms with Gasteiger partial charge >= 0.3 is 0 Å². The molecule has 1 rings (SSSR count). The van der Waals surface area contributed by atoms with E-state index in [1.54, 1.807) is 6.08 Å². The van der Waals surface area contributed by atoms with Crippen molar-refractivity contribution < 1.29 is 9.90 Å². The molecular weight excluding hydrogens is 237 g/mol. The molecule has 0 aromatic carbocycles. The normalized spacial score (nSPS) is 27.0. The lowest BCUT2D eigenvalue weighted by molar-refractivity contribution is -0.123. The van der Waals surface area contributed by atoms with Gasteiger partial charge in [-0.2, -0.15) is 0 Å². The fraction of sp³-hybridized carbons (Fsp3) is 0.700. The van der Waals surface area contributed by atoms with Gasteiger partial charge < -0.3 is 10.4 Å². The Labute approximate surface area is 99.4 Å².